The van der Waals surface area contributed by atoms with E-state index in [0.29, 0.717) is 11.7 Å². The Balaban J connectivity index is 1.34. The monoisotopic (exact) mass is 565 g/mol. The molecule has 5 atom stereocenters. The summed E-state index contributed by atoms with van der Waals surface area (Å²) in [6.45, 7) is 7.61. The van der Waals surface area contributed by atoms with Gasteiger partial charge in [-0.25, -0.2) is 0 Å². The molecule has 0 spiro atoms. The Morgan fingerprint density at radius 3 is 2.46 bits per heavy atom. The highest BCUT2D eigenvalue weighted by molar-refractivity contribution is 5.92. The van der Waals surface area contributed by atoms with E-state index in [1.807, 2.05) is 42.5 Å². The van der Waals surface area contributed by atoms with Gasteiger partial charge in [-0.1, -0.05) is 43.3 Å². The minimum absolute atomic E-state index is 0.00589. The summed E-state index contributed by atoms with van der Waals surface area (Å²) in [5.41, 5.74) is 3.27. The summed E-state index contributed by atoms with van der Waals surface area (Å²) in [7, 11) is 0. The molecule has 9 heteroatoms. The standard InChI is InChI=1S/C32H43N3O6/c1-22-28(20-35-17-5-8-27(35)19-34-15-2-3-16-34)40-32(41-31(22)24-11-9-23(21-36)10-12-24)25-6-4-7-26(18-25)33-29(37)13-14-30(38)39/h4,6-7,9-12,18,22,27-28,31-32,36H,2-3,5,8,13-17,19-21H2,1H3,(H,33,37)(H,38,39). The maximum Gasteiger partial charge on any atom is 0.303 e. The van der Waals surface area contributed by atoms with Gasteiger partial charge in [0.05, 0.1) is 25.2 Å². The number of carboxylic acid groups (broad SMARTS) is 1. The first kappa shape index (κ1) is 29.7. The Bertz CT molecular complexity index is 1170. The summed E-state index contributed by atoms with van der Waals surface area (Å²) in [5, 5.41) is 21.2. The molecular weight excluding hydrogens is 522 g/mol. The summed E-state index contributed by atoms with van der Waals surface area (Å²) in [5.74, 6) is -1.25. The Labute approximate surface area is 242 Å². The van der Waals surface area contributed by atoms with E-state index in [1.54, 1.807) is 6.07 Å². The van der Waals surface area contributed by atoms with Crippen LogP contribution in [0.4, 0.5) is 5.69 Å². The third-order valence-electron chi connectivity index (χ3n) is 8.71. The first-order chi connectivity index (χ1) is 19.9. The van der Waals surface area contributed by atoms with E-state index < -0.39 is 12.3 Å². The van der Waals surface area contributed by atoms with Crippen molar-refractivity contribution < 1.29 is 29.3 Å². The molecule has 3 saturated heterocycles. The van der Waals surface area contributed by atoms with E-state index in [2.05, 4.69) is 22.0 Å². The van der Waals surface area contributed by atoms with Gasteiger partial charge in [0.25, 0.3) is 0 Å². The van der Waals surface area contributed by atoms with Crippen LogP contribution < -0.4 is 5.32 Å². The predicted molar refractivity (Wildman–Crippen MR) is 155 cm³/mol. The molecule has 0 aliphatic carbocycles. The number of nitrogens with one attached hydrogen (secondary N) is 1. The average Bonchev–Trinajstić information content (AvgIpc) is 3.66. The number of nitrogens with zero attached hydrogens (tertiary/aromatic N) is 2. The van der Waals surface area contributed by atoms with Gasteiger partial charge < -0.3 is 29.9 Å². The SMILES string of the molecule is CC1C(CN2CCCC2CN2CCCC2)OC(c2cccc(NC(=O)CCC(=O)O)c2)OC1c1ccc(CO)cc1. The number of benzene rings is 2. The smallest absolute Gasteiger partial charge is 0.303 e. The van der Waals surface area contributed by atoms with Crippen LogP contribution in [-0.2, 0) is 25.7 Å². The molecule has 5 unspecified atom stereocenters. The van der Waals surface area contributed by atoms with Gasteiger partial charge in [0, 0.05) is 42.7 Å². The lowest BCUT2D eigenvalue weighted by Crippen LogP contribution is -2.48. The van der Waals surface area contributed by atoms with E-state index in [-0.39, 0.29) is 43.5 Å². The van der Waals surface area contributed by atoms with E-state index >= 15 is 0 Å². The lowest BCUT2D eigenvalue weighted by molar-refractivity contribution is -0.276. The number of carbonyl (C=O) groups excluding carboxylic acids is 1. The number of carbonyl (C=O) groups is 2. The van der Waals surface area contributed by atoms with Crippen molar-refractivity contribution in [1.29, 1.82) is 0 Å². The largest absolute Gasteiger partial charge is 0.481 e. The van der Waals surface area contributed by atoms with E-state index in [9.17, 15) is 14.7 Å². The second-order valence-corrected chi connectivity index (χ2v) is 11.7. The van der Waals surface area contributed by atoms with Crippen molar-refractivity contribution in [2.45, 2.75) is 76.6 Å². The zero-order chi connectivity index (χ0) is 28.8. The predicted octanol–water partition coefficient (Wildman–Crippen LogP) is 4.33. The summed E-state index contributed by atoms with van der Waals surface area (Å²) in [6, 6.07) is 15.9. The summed E-state index contributed by atoms with van der Waals surface area (Å²) < 4.78 is 13.3. The van der Waals surface area contributed by atoms with Crippen molar-refractivity contribution in [3.05, 3.63) is 65.2 Å². The molecule has 2 aromatic carbocycles. The van der Waals surface area contributed by atoms with Gasteiger partial charge in [0.1, 0.15) is 0 Å². The van der Waals surface area contributed by atoms with Gasteiger partial charge in [0.15, 0.2) is 6.29 Å². The van der Waals surface area contributed by atoms with Crippen LogP contribution in [0.1, 0.15) is 74.5 Å². The number of hydrogen-bond acceptors (Lipinski definition) is 7. The van der Waals surface area contributed by atoms with Crippen LogP contribution in [0.5, 0.6) is 0 Å². The summed E-state index contributed by atoms with van der Waals surface area (Å²) >= 11 is 0. The molecule has 5 rings (SSSR count). The van der Waals surface area contributed by atoms with E-state index in [1.165, 1.54) is 38.8 Å². The zero-order valence-electron chi connectivity index (χ0n) is 23.9. The highest BCUT2D eigenvalue weighted by Crippen LogP contribution is 2.42. The van der Waals surface area contributed by atoms with Crippen molar-refractivity contribution in [1.82, 2.24) is 9.80 Å². The van der Waals surface area contributed by atoms with Crippen molar-refractivity contribution in [3.8, 4) is 0 Å². The van der Waals surface area contributed by atoms with Crippen LogP contribution in [0.25, 0.3) is 0 Å². The first-order valence-corrected chi connectivity index (χ1v) is 15.0. The molecule has 41 heavy (non-hydrogen) atoms. The third-order valence-corrected chi connectivity index (χ3v) is 8.71. The van der Waals surface area contributed by atoms with Crippen LogP contribution >= 0.6 is 0 Å². The number of rotatable bonds is 11. The van der Waals surface area contributed by atoms with Crippen molar-refractivity contribution in [3.63, 3.8) is 0 Å². The van der Waals surface area contributed by atoms with E-state index in [4.69, 9.17) is 14.6 Å². The quantitative estimate of drug-likeness (QED) is 0.369. The number of aliphatic carboxylic acids is 1. The molecule has 9 nitrogen and oxygen atoms in total. The number of aliphatic hydroxyl groups is 1. The summed E-state index contributed by atoms with van der Waals surface area (Å²) in [4.78, 5) is 28.3. The molecule has 0 radical (unpaired) electrons. The van der Waals surface area contributed by atoms with Gasteiger partial charge >= 0.3 is 5.97 Å². The molecule has 0 saturated carbocycles. The second-order valence-electron chi connectivity index (χ2n) is 11.7. The zero-order valence-corrected chi connectivity index (χ0v) is 23.9. The number of ether oxygens (including phenoxy) is 2. The summed E-state index contributed by atoms with van der Waals surface area (Å²) in [6.07, 6.45) is 3.80. The van der Waals surface area contributed by atoms with Gasteiger partial charge in [-0.15, -0.1) is 0 Å². The van der Waals surface area contributed by atoms with Crippen LogP contribution in [0.3, 0.4) is 0 Å². The number of carboxylic acids is 1. The van der Waals surface area contributed by atoms with Gasteiger partial charge in [-0.3, -0.25) is 14.5 Å². The van der Waals surface area contributed by atoms with Gasteiger partial charge in [-0.2, -0.15) is 0 Å². The molecule has 3 N–H and O–H groups in total. The Morgan fingerprint density at radius 2 is 1.73 bits per heavy atom. The van der Waals surface area contributed by atoms with Gasteiger partial charge in [-0.05, 0) is 68.6 Å². The highest BCUT2D eigenvalue weighted by atomic mass is 16.7. The number of amides is 1. The number of anilines is 1. The molecule has 3 fully saturated rings. The van der Waals surface area contributed by atoms with Crippen LogP contribution in [-0.4, -0.2) is 76.8 Å². The van der Waals surface area contributed by atoms with Gasteiger partial charge in [0.2, 0.25) is 5.91 Å². The molecule has 3 heterocycles. The maximum atomic E-state index is 12.3. The van der Waals surface area contributed by atoms with Crippen molar-refractivity contribution >= 4 is 17.6 Å². The third kappa shape index (κ3) is 7.72. The van der Waals surface area contributed by atoms with Crippen molar-refractivity contribution in [2.24, 2.45) is 5.92 Å². The molecule has 222 valence electrons. The van der Waals surface area contributed by atoms with Crippen LogP contribution in [0.2, 0.25) is 0 Å². The Hall–Kier alpha value is -2.82. The molecule has 0 bridgehead atoms. The normalized spacial score (nSPS) is 27.2. The maximum absolute atomic E-state index is 12.3. The Kier molecular flexibility index (Phi) is 10.1. The fourth-order valence-corrected chi connectivity index (χ4v) is 6.37. The van der Waals surface area contributed by atoms with Crippen molar-refractivity contribution in [2.75, 3.05) is 38.0 Å². The van der Waals surface area contributed by atoms with Crippen LogP contribution in [0.15, 0.2) is 48.5 Å². The molecule has 3 aliphatic rings. The molecular formula is C32H43N3O6. The highest BCUT2D eigenvalue weighted by Gasteiger charge is 2.41. The topological polar surface area (TPSA) is 112 Å². The first-order valence-electron chi connectivity index (χ1n) is 15.0. The molecule has 2 aromatic rings. The van der Waals surface area contributed by atoms with E-state index in [0.717, 1.165) is 36.3 Å². The average molecular weight is 566 g/mol. The number of hydrogen-bond donors (Lipinski definition) is 3. The second kappa shape index (κ2) is 13.9. The lowest BCUT2D eigenvalue weighted by atomic mass is 9.90. The Morgan fingerprint density at radius 1 is 0.951 bits per heavy atom. The number of aliphatic hydroxyl groups excluding tert-OH is 1. The fourth-order valence-electron chi connectivity index (χ4n) is 6.37. The minimum atomic E-state index is -1.00. The van der Waals surface area contributed by atoms with Crippen LogP contribution in [0, 0.1) is 5.92 Å². The molecule has 3 aliphatic heterocycles. The molecule has 1 amide bonds. The number of likely N-dealkylation sites (tertiary alicyclic amines) is 2. The minimum Gasteiger partial charge on any atom is -0.481 e. The fraction of sp³-hybridized carbons (Fsp3) is 0.562. The lowest BCUT2D eigenvalue weighted by Gasteiger charge is -2.43. The molecule has 0 aromatic heterocycles.